The highest BCUT2D eigenvalue weighted by Crippen LogP contribution is 2.45. The third-order valence-electron chi connectivity index (χ3n) is 3.45. The summed E-state index contributed by atoms with van der Waals surface area (Å²) in [6.07, 6.45) is 1.21. The van der Waals surface area contributed by atoms with Crippen molar-refractivity contribution in [2.75, 3.05) is 6.54 Å². The lowest BCUT2D eigenvalue weighted by Crippen LogP contribution is -2.34. The quantitative estimate of drug-likeness (QED) is 0.786. The molecule has 0 radical (unpaired) electrons. The lowest BCUT2D eigenvalue weighted by molar-refractivity contribution is -0.143. The Kier molecular flexibility index (Phi) is 3.38. The van der Waals surface area contributed by atoms with E-state index in [4.69, 9.17) is 5.11 Å². The van der Waals surface area contributed by atoms with Crippen LogP contribution in [0.5, 0.6) is 0 Å². The summed E-state index contributed by atoms with van der Waals surface area (Å²) < 4.78 is 0. The second-order valence-corrected chi connectivity index (χ2v) is 4.90. The SMILES string of the molecule is CC(=O)c1ccc(C(=O)NCC2(C(=O)O)CC2)cc1. The van der Waals surface area contributed by atoms with Crippen molar-refractivity contribution in [3.8, 4) is 0 Å². The topological polar surface area (TPSA) is 83.5 Å². The molecule has 1 saturated carbocycles. The first-order chi connectivity index (χ1) is 8.94. The van der Waals surface area contributed by atoms with Crippen LogP contribution in [0.3, 0.4) is 0 Å². The summed E-state index contributed by atoms with van der Waals surface area (Å²) in [6.45, 7) is 1.61. The van der Waals surface area contributed by atoms with E-state index in [0.29, 0.717) is 24.0 Å². The highest BCUT2D eigenvalue weighted by molar-refractivity contribution is 5.98. The molecule has 1 aliphatic carbocycles. The number of carbonyl (C=O) groups excluding carboxylic acids is 2. The second kappa shape index (κ2) is 4.84. The first-order valence-electron chi connectivity index (χ1n) is 6.07. The third kappa shape index (κ3) is 2.81. The van der Waals surface area contributed by atoms with Crippen LogP contribution in [0.1, 0.15) is 40.5 Å². The number of rotatable bonds is 5. The number of benzene rings is 1. The van der Waals surface area contributed by atoms with Gasteiger partial charge in [-0.15, -0.1) is 0 Å². The van der Waals surface area contributed by atoms with E-state index in [1.165, 1.54) is 6.92 Å². The van der Waals surface area contributed by atoms with Crippen molar-refractivity contribution in [2.24, 2.45) is 5.41 Å². The van der Waals surface area contributed by atoms with Crippen molar-refractivity contribution >= 4 is 17.7 Å². The Bertz CT molecular complexity index is 529. The van der Waals surface area contributed by atoms with E-state index in [-0.39, 0.29) is 18.2 Å². The average Bonchev–Trinajstić information content (AvgIpc) is 3.17. The number of Topliss-reactive ketones (excluding diaryl/α,β-unsaturated/α-hetero) is 1. The van der Waals surface area contributed by atoms with Crippen LogP contribution in [0.25, 0.3) is 0 Å². The zero-order chi connectivity index (χ0) is 14.0. The zero-order valence-corrected chi connectivity index (χ0v) is 10.6. The minimum absolute atomic E-state index is 0.0604. The second-order valence-electron chi connectivity index (χ2n) is 4.90. The van der Waals surface area contributed by atoms with Crippen molar-refractivity contribution in [3.05, 3.63) is 35.4 Å². The Balaban J connectivity index is 1.97. The standard InChI is InChI=1S/C14H15NO4/c1-9(16)10-2-4-11(5-3-10)12(17)15-8-14(6-7-14)13(18)19/h2-5H,6-8H2,1H3,(H,15,17)(H,18,19). The number of amides is 1. The summed E-state index contributed by atoms with van der Waals surface area (Å²) in [7, 11) is 0. The molecule has 0 heterocycles. The predicted molar refractivity (Wildman–Crippen MR) is 68.1 cm³/mol. The molecular formula is C14H15NO4. The molecular weight excluding hydrogens is 246 g/mol. The summed E-state index contributed by atoms with van der Waals surface area (Å²) in [6, 6.07) is 6.29. The molecule has 0 unspecified atom stereocenters. The van der Waals surface area contributed by atoms with Gasteiger partial charge in [-0.3, -0.25) is 14.4 Å². The first-order valence-corrected chi connectivity index (χ1v) is 6.07. The molecule has 1 amide bonds. The maximum atomic E-state index is 11.8. The molecule has 0 atom stereocenters. The highest BCUT2D eigenvalue weighted by Gasteiger charge is 2.50. The number of carboxylic acids is 1. The molecule has 100 valence electrons. The van der Waals surface area contributed by atoms with Gasteiger partial charge in [-0.1, -0.05) is 12.1 Å². The number of ketones is 1. The number of carboxylic acid groups (broad SMARTS) is 1. The maximum Gasteiger partial charge on any atom is 0.311 e. The molecule has 2 rings (SSSR count). The fraction of sp³-hybridized carbons (Fsp3) is 0.357. The molecule has 0 aliphatic heterocycles. The summed E-state index contributed by atoms with van der Waals surface area (Å²) in [5.74, 6) is -1.24. The monoisotopic (exact) mass is 261 g/mol. The molecule has 19 heavy (non-hydrogen) atoms. The van der Waals surface area contributed by atoms with Gasteiger partial charge in [0.25, 0.3) is 5.91 Å². The largest absolute Gasteiger partial charge is 0.481 e. The van der Waals surface area contributed by atoms with Crippen LogP contribution in [0.4, 0.5) is 0 Å². The fourth-order valence-corrected chi connectivity index (χ4v) is 1.82. The van der Waals surface area contributed by atoms with Crippen molar-refractivity contribution in [1.29, 1.82) is 0 Å². The first kappa shape index (κ1) is 13.3. The number of hydrogen-bond acceptors (Lipinski definition) is 3. The third-order valence-corrected chi connectivity index (χ3v) is 3.45. The maximum absolute atomic E-state index is 11.8. The molecule has 1 aromatic carbocycles. The summed E-state index contributed by atoms with van der Waals surface area (Å²) in [4.78, 5) is 33.9. The van der Waals surface area contributed by atoms with E-state index in [0.717, 1.165) is 0 Å². The van der Waals surface area contributed by atoms with Gasteiger partial charge >= 0.3 is 5.97 Å². The summed E-state index contributed by atoms with van der Waals surface area (Å²) in [5.41, 5.74) is 0.196. The van der Waals surface area contributed by atoms with Gasteiger partial charge in [0.05, 0.1) is 5.41 Å². The van der Waals surface area contributed by atoms with Crippen LogP contribution in [-0.2, 0) is 4.79 Å². The van der Waals surface area contributed by atoms with Crippen LogP contribution < -0.4 is 5.32 Å². The molecule has 5 heteroatoms. The smallest absolute Gasteiger partial charge is 0.311 e. The Morgan fingerprint density at radius 1 is 1.16 bits per heavy atom. The average molecular weight is 261 g/mol. The normalized spacial score (nSPS) is 15.6. The lowest BCUT2D eigenvalue weighted by atomic mass is 10.1. The van der Waals surface area contributed by atoms with Gasteiger partial charge < -0.3 is 10.4 Å². The van der Waals surface area contributed by atoms with Crippen molar-refractivity contribution in [2.45, 2.75) is 19.8 Å². The lowest BCUT2D eigenvalue weighted by Gasteiger charge is -2.11. The number of carbonyl (C=O) groups is 3. The molecule has 0 bridgehead atoms. The Morgan fingerprint density at radius 3 is 2.11 bits per heavy atom. The molecule has 0 spiro atoms. The van der Waals surface area contributed by atoms with E-state index in [2.05, 4.69) is 5.32 Å². The van der Waals surface area contributed by atoms with Gasteiger partial charge in [0.1, 0.15) is 0 Å². The van der Waals surface area contributed by atoms with Crippen LogP contribution >= 0.6 is 0 Å². The molecule has 0 aromatic heterocycles. The van der Waals surface area contributed by atoms with E-state index in [1.54, 1.807) is 24.3 Å². The van der Waals surface area contributed by atoms with Gasteiger partial charge in [-0.2, -0.15) is 0 Å². The van der Waals surface area contributed by atoms with Gasteiger partial charge in [0.2, 0.25) is 0 Å². The number of aliphatic carboxylic acids is 1. The van der Waals surface area contributed by atoms with Gasteiger partial charge in [0, 0.05) is 17.7 Å². The number of hydrogen-bond donors (Lipinski definition) is 2. The van der Waals surface area contributed by atoms with Crippen molar-refractivity contribution < 1.29 is 19.5 Å². The van der Waals surface area contributed by atoms with E-state index in [9.17, 15) is 14.4 Å². The number of nitrogens with one attached hydrogen (secondary N) is 1. The zero-order valence-electron chi connectivity index (χ0n) is 10.6. The Hall–Kier alpha value is -2.17. The summed E-state index contributed by atoms with van der Waals surface area (Å²) in [5, 5.41) is 11.6. The molecule has 5 nitrogen and oxygen atoms in total. The van der Waals surface area contributed by atoms with Gasteiger partial charge in [0.15, 0.2) is 5.78 Å². The summed E-state index contributed by atoms with van der Waals surface area (Å²) >= 11 is 0. The minimum atomic E-state index is -0.861. The Morgan fingerprint density at radius 2 is 1.68 bits per heavy atom. The van der Waals surface area contributed by atoms with Crippen LogP contribution in [-0.4, -0.2) is 29.3 Å². The van der Waals surface area contributed by atoms with E-state index in [1.807, 2.05) is 0 Å². The molecule has 2 N–H and O–H groups in total. The van der Waals surface area contributed by atoms with Crippen LogP contribution in [0, 0.1) is 5.41 Å². The molecule has 1 aliphatic rings. The molecule has 0 saturated heterocycles. The Labute approximate surface area is 110 Å². The molecule has 1 aromatic rings. The van der Waals surface area contributed by atoms with Crippen LogP contribution in [0.2, 0.25) is 0 Å². The van der Waals surface area contributed by atoms with Crippen molar-refractivity contribution in [3.63, 3.8) is 0 Å². The highest BCUT2D eigenvalue weighted by atomic mass is 16.4. The van der Waals surface area contributed by atoms with Crippen LogP contribution in [0.15, 0.2) is 24.3 Å². The fourth-order valence-electron chi connectivity index (χ4n) is 1.82. The predicted octanol–water partition coefficient (Wildman–Crippen LogP) is 1.48. The van der Waals surface area contributed by atoms with E-state index < -0.39 is 11.4 Å². The van der Waals surface area contributed by atoms with Crippen molar-refractivity contribution in [1.82, 2.24) is 5.32 Å². The molecule has 1 fully saturated rings. The van der Waals surface area contributed by atoms with Gasteiger partial charge in [-0.25, -0.2) is 0 Å². The van der Waals surface area contributed by atoms with Gasteiger partial charge in [-0.05, 0) is 31.9 Å². The minimum Gasteiger partial charge on any atom is -0.481 e. The van der Waals surface area contributed by atoms with E-state index >= 15 is 0 Å².